The van der Waals surface area contributed by atoms with Crippen molar-refractivity contribution in [3.05, 3.63) is 64.6 Å². The Morgan fingerprint density at radius 1 is 1.13 bits per heavy atom. The van der Waals surface area contributed by atoms with Crippen LogP contribution < -0.4 is 30.3 Å². The van der Waals surface area contributed by atoms with Gasteiger partial charge in [0.15, 0.2) is 29.0 Å². The molecule has 4 N–H and O–H groups in total. The van der Waals surface area contributed by atoms with Gasteiger partial charge in [-0.2, -0.15) is 0 Å². The number of aromatic nitrogens is 1. The number of carbonyl (C=O) groups excluding carboxylic acids is 2. The molecule has 13 heteroatoms. The maximum atomic E-state index is 15.9. The highest BCUT2D eigenvalue weighted by atomic mass is 19.1. The minimum atomic E-state index is -1.20. The second kappa shape index (κ2) is 10.5. The van der Waals surface area contributed by atoms with Crippen LogP contribution in [0.15, 0.2) is 30.5 Å². The van der Waals surface area contributed by atoms with E-state index in [-0.39, 0.29) is 34.2 Å². The molecule has 0 unspecified atom stereocenters. The molecule has 0 bridgehead atoms. The summed E-state index contributed by atoms with van der Waals surface area (Å²) in [5.74, 6) is -5.15. The highest BCUT2D eigenvalue weighted by molar-refractivity contribution is 6.15. The van der Waals surface area contributed by atoms with Gasteiger partial charge in [0.25, 0.3) is 5.91 Å². The number of nitrogens with zero attached hydrogens (tertiary/aromatic N) is 3. The molecule has 0 saturated carbocycles. The molecular weight excluding hydrogens is 517 g/mol. The summed E-state index contributed by atoms with van der Waals surface area (Å²) in [4.78, 5) is 32.3. The van der Waals surface area contributed by atoms with E-state index in [9.17, 15) is 9.59 Å². The third-order valence-electron chi connectivity index (χ3n) is 6.02. The van der Waals surface area contributed by atoms with E-state index in [2.05, 4.69) is 10.3 Å². The topological polar surface area (TPSA) is 134 Å². The summed E-state index contributed by atoms with van der Waals surface area (Å²) in [5.41, 5.74) is 4.51. The zero-order valence-corrected chi connectivity index (χ0v) is 21.4. The number of nitrogens with two attached hydrogens (primary N) is 1. The van der Waals surface area contributed by atoms with Crippen molar-refractivity contribution in [1.29, 1.82) is 5.41 Å². The molecule has 2 heterocycles. The Hall–Kier alpha value is -4.81. The molecule has 4 rings (SSSR count). The highest BCUT2D eigenvalue weighted by Crippen LogP contribution is 2.44. The fourth-order valence-corrected chi connectivity index (χ4v) is 4.26. The summed E-state index contributed by atoms with van der Waals surface area (Å²) in [6, 6.07) is 3.39. The van der Waals surface area contributed by atoms with Crippen molar-refractivity contribution in [3.8, 4) is 11.5 Å². The van der Waals surface area contributed by atoms with Crippen molar-refractivity contribution in [3.63, 3.8) is 0 Å². The van der Waals surface area contributed by atoms with E-state index >= 15 is 13.2 Å². The molecular formula is C26H25F3N6O4. The van der Waals surface area contributed by atoms with Crippen LogP contribution in [-0.2, 0) is 6.54 Å². The van der Waals surface area contributed by atoms with E-state index in [0.29, 0.717) is 0 Å². The van der Waals surface area contributed by atoms with E-state index in [1.165, 1.54) is 24.4 Å². The Morgan fingerprint density at radius 2 is 1.77 bits per heavy atom. The summed E-state index contributed by atoms with van der Waals surface area (Å²) < 4.78 is 56.8. The van der Waals surface area contributed by atoms with Gasteiger partial charge in [0, 0.05) is 30.1 Å². The third kappa shape index (κ3) is 4.56. The van der Waals surface area contributed by atoms with Crippen LogP contribution >= 0.6 is 0 Å². The van der Waals surface area contributed by atoms with Crippen molar-refractivity contribution < 1.29 is 32.2 Å². The Morgan fingerprint density at radius 3 is 2.33 bits per heavy atom. The number of nitrogens with one attached hydrogen (secondary N) is 2. The molecule has 0 radical (unpaired) electrons. The van der Waals surface area contributed by atoms with Crippen molar-refractivity contribution in [2.24, 2.45) is 0 Å². The molecule has 3 aromatic rings. The number of urea groups is 1. The summed E-state index contributed by atoms with van der Waals surface area (Å²) in [6.45, 7) is 2.97. The van der Waals surface area contributed by atoms with Crippen molar-refractivity contribution >= 4 is 41.0 Å². The predicted octanol–water partition coefficient (Wildman–Crippen LogP) is 4.51. The van der Waals surface area contributed by atoms with Crippen LogP contribution in [0.2, 0.25) is 0 Å². The number of ether oxygens (including phenoxy) is 2. The van der Waals surface area contributed by atoms with Gasteiger partial charge in [-0.1, -0.05) is 6.07 Å². The number of pyridine rings is 1. The number of carbonyl (C=O) groups is 2. The van der Waals surface area contributed by atoms with Gasteiger partial charge >= 0.3 is 6.03 Å². The zero-order chi connectivity index (χ0) is 28.6. The average Bonchev–Trinajstić information content (AvgIpc) is 2.89. The van der Waals surface area contributed by atoms with Gasteiger partial charge in [-0.15, -0.1) is 0 Å². The molecule has 1 aromatic heterocycles. The van der Waals surface area contributed by atoms with Gasteiger partial charge in [-0.05, 0) is 26.0 Å². The molecule has 204 valence electrons. The standard InChI is InChI=1S/C26H25F3N6O4/c1-12(2)33-25(36)14-6-5-7-16(19(14)27)35-22-13(10-32-24(31)15(22)9-30)11-34(26(35)37)23-20(28)17(38-3)8-18(39-4)21(23)29/h5-10,12,30H,11H2,1-4H3,(H2,31,32)(H,33,36). The first-order valence-corrected chi connectivity index (χ1v) is 11.6. The summed E-state index contributed by atoms with van der Waals surface area (Å²) >= 11 is 0. The lowest BCUT2D eigenvalue weighted by Gasteiger charge is -2.38. The van der Waals surface area contributed by atoms with E-state index in [0.717, 1.165) is 36.3 Å². The lowest BCUT2D eigenvalue weighted by Crippen LogP contribution is -2.47. The van der Waals surface area contributed by atoms with E-state index in [4.69, 9.17) is 20.6 Å². The number of hydrogen-bond acceptors (Lipinski definition) is 7. The quantitative estimate of drug-likeness (QED) is 0.376. The zero-order valence-electron chi connectivity index (χ0n) is 21.4. The molecule has 0 fully saturated rings. The molecule has 1 aliphatic rings. The van der Waals surface area contributed by atoms with Gasteiger partial charge in [0.05, 0.1) is 43.3 Å². The summed E-state index contributed by atoms with van der Waals surface area (Å²) in [5, 5.41) is 10.4. The van der Waals surface area contributed by atoms with E-state index in [1.54, 1.807) is 13.8 Å². The number of anilines is 4. The smallest absolute Gasteiger partial charge is 0.334 e. The molecule has 0 aliphatic carbocycles. The predicted molar refractivity (Wildman–Crippen MR) is 139 cm³/mol. The van der Waals surface area contributed by atoms with E-state index in [1.807, 2.05) is 0 Å². The maximum Gasteiger partial charge on any atom is 0.334 e. The normalized spacial score (nSPS) is 12.9. The number of methoxy groups -OCH3 is 2. The first kappa shape index (κ1) is 27.2. The highest BCUT2D eigenvalue weighted by Gasteiger charge is 2.40. The number of amides is 3. The van der Waals surface area contributed by atoms with Crippen molar-refractivity contribution in [2.75, 3.05) is 29.8 Å². The number of nitrogen functional groups attached to an aromatic ring is 1. The van der Waals surface area contributed by atoms with Gasteiger partial charge in [0.1, 0.15) is 11.5 Å². The minimum absolute atomic E-state index is 0.0188. The largest absolute Gasteiger partial charge is 0.493 e. The fourth-order valence-electron chi connectivity index (χ4n) is 4.26. The summed E-state index contributed by atoms with van der Waals surface area (Å²) in [7, 11) is 2.32. The Kier molecular flexibility index (Phi) is 7.34. The van der Waals surface area contributed by atoms with Crippen molar-refractivity contribution in [1.82, 2.24) is 10.3 Å². The van der Waals surface area contributed by atoms with Crippen LogP contribution in [0.1, 0.15) is 35.3 Å². The Labute approximate surface area is 221 Å². The number of hydrogen-bond donors (Lipinski definition) is 3. The fraction of sp³-hybridized carbons (Fsp3) is 0.231. The Balaban J connectivity index is 2.01. The number of halogens is 3. The second-order valence-corrected chi connectivity index (χ2v) is 8.80. The first-order valence-electron chi connectivity index (χ1n) is 11.6. The van der Waals surface area contributed by atoms with Crippen LogP contribution in [0.25, 0.3) is 0 Å². The monoisotopic (exact) mass is 542 g/mol. The van der Waals surface area contributed by atoms with Crippen LogP contribution in [0.5, 0.6) is 11.5 Å². The molecule has 1 aliphatic heterocycles. The Bertz CT molecular complexity index is 1470. The molecule has 10 nitrogen and oxygen atoms in total. The minimum Gasteiger partial charge on any atom is -0.493 e. The lowest BCUT2D eigenvalue weighted by molar-refractivity contribution is 0.0939. The molecule has 0 spiro atoms. The lowest BCUT2D eigenvalue weighted by atomic mass is 10.0. The number of rotatable bonds is 7. The molecule has 3 amide bonds. The molecule has 39 heavy (non-hydrogen) atoms. The first-order chi connectivity index (χ1) is 18.5. The SMILES string of the molecule is COc1cc(OC)c(F)c(N2Cc3cnc(N)c(C=N)c3N(c3cccc(C(=O)NC(C)C)c3F)C2=O)c1F. The van der Waals surface area contributed by atoms with E-state index < -0.39 is 58.8 Å². The van der Waals surface area contributed by atoms with Gasteiger partial charge in [0.2, 0.25) is 0 Å². The van der Waals surface area contributed by atoms with Gasteiger partial charge < -0.3 is 25.9 Å². The van der Waals surface area contributed by atoms with Crippen LogP contribution in [0, 0.1) is 22.9 Å². The molecule has 0 saturated heterocycles. The van der Waals surface area contributed by atoms with Crippen LogP contribution in [0.3, 0.4) is 0 Å². The number of benzene rings is 2. The van der Waals surface area contributed by atoms with Gasteiger partial charge in [-0.3, -0.25) is 14.6 Å². The van der Waals surface area contributed by atoms with Crippen molar-refractivity contribution in [2.45, 2.75) is 26.4 Å². The molecule has 2 aromatic carbocycles. The third-order valence-corrected chi connectivity index (χ3v) is 6.02. The van der Waals surface area contributed by atoms with Gasteiger partial charge in [-0.25, -0.2) is 22.9 Å². The van der Waals surface area contributed by atoms with Crippen LogP contribution in [-0.4, -0.2) is 43.4 Å². The van der Waals surface area contributed by atoms with Crippen LogP contribution in [0.4, 0.5) is 40.8 Å². The second-order valence-electron chi connectivity index (χ2n) is 8.80. The summed E-state index contributed by atoms with van der Waals surface area (Å²) in [6.07, 6.45) is 2.09. The molecule has 0 atom stereocenters. The average molecular weight is 543 g/mol. The maximum absolute atomic E-state index is 15.9. The number of fused-ring (bicyclic) bond motifs is 1.